The Bertz CT molecular complexity index is 893. The molecule has 21 heavy (non-hydrogen) atoms. The molecule has 0 amide bonds. The Hall–Kier alpha value is -0.650. The topological polar surface area (TPSA) is 106 Å². The number of hydrogen-bond acceptors (Lipinski definition) is 5. The molecule has 114 valence electrons. The highest BCUT2D eigenvalue weighted by Crippen LogP contribution is 2.30. The summed E-state index contributed by atoms with van der Waals surface area (Å²) in [6.07, 6.45) is 0. The van der Waals surface area contributed by atoms with Crippen LogP contribution in [0, 0.1) is 0 Å². The van der Waals surface area contributed by atoms with Crippen molar-refractivity contribution >= 4 is 64.6 Å². The summed E-state index contributed by atoms with van der Waals surface area (Å²) in [6.45, 7) is 0. The molecular formula is C10H8BrClN2O4S3. The summed E-state index contributed by atoms with van der Waals surface area (Å²) in [4.78, 5) is -0.239. The van der Waals surface area contributed by atoms with Gasteiger partial charge in [-0.25, -0.2) is 22.0 Å². The number of sulfonamides is 2. The molecular weight excluding hydrogens is 424 g/mol. The zero-order chi connectivity index (χ0) is 15.8. The molecule has 0 saturated carbocycles. The van der Waals surface area contributed by atoms with Crippen LogP contribution in [-0.2, 0) is 20.0 Å². The number of hydrogen-bond donors (Lipinski definition) is 2. The molecule has 3 N–H and O–H groups in total. The molecule has 0 aliphatic heterocycles. The van der Waals surface area contributed by atoms with Gasteiger partial charge >= 0.3 is 0 Å². The highest BCUT2D eigenvalue weighted by atomic mass is 79.9. The van der Waals surface area contributed by atoms with Crippen LogP contribution >= 0.6 is 38.9 Å². The van der Waals surface area contributed by atoms with Crippen molar-refractivity contribution in [2.45, 2.75) is 9.10 Å². The first kappa shape index (κ1) is 16.7. The highest BCUT2D eigenvalue weighted by Gasteiger charge is 2.19. The van der Waals surface area contributed by atoms with E-state index in [0.717, 1.165) is 17.4 Å². The molecule has 0 bridgehead atoms. The van der Waals surface area contributed by atoms with Crippen molar-refractivity contribution in [1.82, 2.24) is 0 Å². The molecule has 0 aliphatic rings. The second kappa shape index (κ2) is 5.86. The second-order valence-corrected chi connectivity index (χ2v) is 10.2. The van der Waals surface area contributed by atoms with Crippen molar-refractivity contribution in [3.63, 3.8) is 0 Å². The van der Waals surface area contributed by atoms with Gasteiger partial charge in [-0.3, -0.25) is 4.72 Å². The normalized spacial score (nSPS) is 12.3. The van der Waals surface area contributed by atoms with E-state index in [1.807, 2.05) is 0 Å². The number of rotatable bonds is 4. The van der Waals surface area contributed by atoms with Crippen LogP contribution < -0.4 is 9.86 Å². The lowest BCUT2D eigenvalue weighted by Gasteiger charge is -2.09. The molecule has 0 spiro atoms. The molecule has 11 heteroatoms. The number of nitrogens with one attached hydrogen (secondary N) is 1. The number of nitrogens with two attached hydrogens (primary N) is 1. The Balaban J connectivity index is 2.44. The van der Waals surface area contributed by atoms with Gasteiger partial charge in [0, 0.05) is 0 Å². The molecule has 6 nitrogen and oxygen atoms in total. The first-order valence-electron chi connectivity index (χ1n) is 5.20. The first-order valence-corrected chi connectivity index (χ1v) is 10.2. The quantitative estimate of drug-likeness (QED) is 0.776. The van der Waals surface area contributed by atoms with Gasteiger partial charge in [0.1, 0.15) is 4.21 Å². The van der Waals surface area contributed by atoms with E-state index in [1.165, 1.54) is 18.2 Å². The molecule has 2 rings (SSSR count). The zero-order valence-electron chi connectivity index (χ0n) is 10.1. The van der Waals surface area contributed by atoms with Gasteiger partial charge in [0.2, 0.25) is 10.0 Å². The monoisotopic (exact) mass is 430 g/mol. The Labute approximate surface area is 139 Å². The second-order valence-electron chi connectivity index (χ2n) is 3.85. The average Bonchev–Trinajstić information content (AvgIpc) is 2.78. The van der Waals surface area contributed by atoms with Crippen LogP contribution in [0.5, 0.6) is 0 Å². The van der Waals surface area contributed by atoms with Crippen LogP contribution in [0.25, 0.3) is 0 Å². The summed E-state index contributed by atoms with van der Waals surface area (Å²) in [7, 11) is -7.82. The SMILES string of the molecule is NS(=O)(=O)c1ccc(Cl)c(NS(=O)(=O)c2ccc(Br)s2)c1. The van der Waals surface area contributed by atoms with Gasteiger partial charge < -0.3 is 0 Å². The number of anilines is 1. The maximum Gasteiger partial charge on any atom is 0.271 e. The molecule has 0 aliphatic carbocycles. The van der Waals surface area contributed by atoms with Gasteiger partial charge in [0.15, 0.2) is 0 Å². The standard InChI is InChI=1S/C10H8BrClN2O4S3/c11-9-3-4-10(19-9)21(17,18)14-8-5-6(20(13,15)16)1-2-7(8)12/h1-5,14H,(H2,13,15,16). The van der Waals surface area contributed by atoms with Gasteiger partial charge in [0.05, 0.1) is 19.4 Å². The van der Waals surface area contributed by atoms with Gasteiger partial charge in [-0.2, -0.15) is 0 Å². The number of benzene rings is 1. The molecule has 2 aromatic rings. The molecule has 0 saturated heterocycles. The van der Waals surface area contributed by atoms with Crippen LogP contribution in [0.1, 0.15) is 0 Å². The van der Waals surface area contributed by atoms with Crippen molar-refractivity contribution < 1.29 is 16.8 Å². The Morgan fingerprint density at radius 2 is 1.81 bits per heavy atom. The van der Waals surface area contributed by atoms with E-state index in [9.17, 15) is 16.8 Å². The van der Waals surface area contributed by atoms with Crippen LogP contribution in [0.2, 0.25) is 5.02 Å². The lowest BCUT2D eigenvalue weighted by atomic mass is 10.3. The van der Waals surface area contributed by atoms with Gasteiger partial charge in [-0.05, 0) is 46.3 Å². The van der Waals surface area contributed by atoms with Crippen LogP contribution in [0.15, 0.2) is 43.2 Å². The summed E-state index contributed by atoms with van der Waals surface area (Å²) < 4.78 is 49.9. The molecule has 0 radical (unpaired) electrons. The van der Waals surface area contributed by atoms with Gasteiger partial charge in [0.25, 0.3) is 10.0 Å². The van der Waals surface area contributed by atoms with Crippen molar-refractivity contribution in [1.29, 1.82) is 0 Å². The third kappa shape index (κ3) is 3.96. The Morgan fingerprint density at radius 3 is 2.33 bits per heavy atom. The first-order chi connectivity index (χ1) is 9.59. The molecule has 1 aromatic carbocycles. The van der Waals surface area contributed by atoms with E-state index in [1.54, 1.807) is 6.07 Å². The molecule has 1 heterocycles. The van der Waals surface area contributed by atoms with Crippen molar-refractivity contribution in [3.05, 3.63) is 39.1 Å². The third-order valence-corrected chi connectivity index (χ3v) is 7.05. The summed E-state index contributed by atoms with van der Waals surface area (Å²) in [6, 6.07) is 6.51. The predicted molar refractivity (Wildman–Crippen MR) is 85.7 cm³/mol. The fourth-order valence-corrected chi connectivity index (χ4v) is 5.24. The van der Waals surface area contributed by atoms with Crippen LogP contribution in [-0.4, -0.2) is 16.8 Å². The van der Waals surface area contributed by atoms with E-state index in [4.69, 9.17) is 16.7 Å². The van der Waals surface area contributed by atoms with Crippen molar-refractivity contribution in [2.24, 2.45) is 5.14 Å². The van der Waals surface area contributed by atoms with E-state index in [-0.39, 0.29) is 19.8 Å². The summed E-state index contributed by atoms with van der Waals surface area (Å²) in [5.41, 5.74) is -0.0623. The van der Waals surface area contributed by atoms with Crippen molar-refractivity contribution in [3.8, 4) is 0 Å². The van der Waals surface area contributed by atoms with E-state index in [2.05, 4.69) is 20.7 Å². The van der Waals surface area contributed by atoms with Gasteiger partial charge in [-0.15, -0.1) is 11.3 Å². The highest BCUT2D eigenvalue weighted by molar-refractivity contribution is 9.11. The summed E-state index contributed by atoms with van der Waals surface area (Å²) in [5.74, 6) is 0. The number of thiophene rings is 1. The Kier molecular flexibility index (Phi) is 4.66. The lowest BCUT2D eigenvalue weighted by molar-refractivity contribution is 0.596. The van der Waals surface area contributed by atoms with E-state index >= 15 is 0 Å². The zero-order valence-corrected chi connectivity index (χ0v) is 14.9. The van der Waals surface area contributed by atoms with Crippen LogP contribution in [0.3, 0.4) is 0 Å². The molecule has 1 aromatic heterocycles. The fourth-order valence-electron chi connectivity index (χ4n) is 1.40. The summed E-state index contributed by atoms with van der Waals surface area (Å²) in [5, 5.41) is 5.06. The predicted octanol–water partition coefficient (Wildman–Crippen LogP) is 2.61. The smallest absolute Gasteiger partial charge is 0.271 e. The van der Waals surface area contributed by atoms with Crippen molar-refractivity contribution in [2.75, 3.05) is 4.72 Å². The van der Waals surface area contributed by atoms with E-state index in [0.29, 0.717) is 3.79 Å². The maximum absolute atomic E-state index is 12.2. The number of primary sulfonamides is 1. The fraction of sp³-hybridized carbons (Fsp3) is 0. The summed E-state index contributed by atoms with van der Waals surface area (Å²) >= 11 is 10.1. The maximum atomic E-state index is 12.2. The number of halogens is 2. The average molecular weight is 432 g/mol. The minimum atomic E-state index is -3.96. The van der Waals surface area contributed by atoms with Crippen LogP contribution in [0.4, 0.5) is 5.69 Å². The third-order valence-electron chi connectivity index (χ3n) is 2.32. The van der Waals surface area contributed by atoms with E-state index < -0.39 is 20.0 Å². The molecule has 0 fully saturated rings. The minimum absolute atomic E-state index is 0.0570. The lowest BCUT2D eigenvalue weighted by Crippen LogP contribution is -2.15. The minimum Gasteiger partial charge on any atom is -0.277 e. The Morgan fingerprint density at radius 1 is 1.14 bits per heavy atom. The molecule has 0 atom stereocenters. The van der Waals surface area contributed by atoms with Gasteiger partial charge in [-0.1, -0.05) is 11.6 Å². The largest absolute Gasteiger partial charge is 0.277 e. The molecule has 0 unspecified atom stereocenters.